The number of rotatable bonds is 6. The number of methoxy groups -OCH3 is 2. The van der Waals surface area contributed by atoms with Crippen molar-refractivity contribution in [1.82, 2.24) is 4.90 Å². The summed E-state index contributed by atoms with van der Waals surface area (Å²) in [6.45, 7) is 2.86. The van der Waals surface area contributed by atoms with E-state index in [2.05, 4.69) is 0 Å². The molecule has 0 aromatic heterocycles. The molecule has 0 aliphatic rings. The average Bonchev–Trinajstić information content (AvgIpc) is 2.30. The molecule has 0 aliphatic heterocycles. The molecule has 1 amide bonds. The number of hydrogen-bond donors (Lipinski definition) is 1. The Morgan fingerprint density at radius 1 is 1.28 bits per heavy atom. The van der Waals surface area contributed by atoms with Crippen LogP contribution in [0.5, 0.6) is 11.5 Å². The Hall–Kier alpha value is -1.75. The number of aryl methyl sites for hydroxylation is 1. The third kappa shape index (κ3) is 3.63. The van der Waals surface area contributed by atoms with Gasteiger partial charge in [-0.05, 0) is 37.2 Å². The maximum Gasteiger partial charge on any atom is 0.231 e. The Morgan fingerprint density at radius 3 is 2.33 bits per heavy atom. The molecular weight excluding hydrogens is 232 g/mol. The number of primary amides is 1. The van der Waals surface area contributed by atoms with Gasteiger partial charge in [0.05, 0.1) is 20.8 Å². The highest BCUT2D eigenvalue weighted by Crippen LogP contribution is 2.30. The van der Waals surface area contributed by atoms with Crippen molar-refractivity contribution in [2.45, 2.75) is 13.5 Å². The number of carbonyl (C=O) groups is 1. The van der Waals surface area contributed by atoms with Crippen LogP contribution in [0.3, 0.4) is 0 Å². The van der Waals surface area contributed by atoms with E-state index in [1.54, 1.807) is 14.2 Å². The number of carbonyl (C=O) groups excluding carboxylic acids is 1. The minimum absolute atomic E-state index is 0.230. The van der Waals surface area contributed by atoms with E-state index in [1.165, 1.54) is 0 Å². The number of benzene rings is 1. The number of ether oxygens (including phenoxy) is 2. The van der Waals surface area contributed by atoms with Crippen molar-refractivity contribution in [3.8, 4) is 11.5 Å². The second-order valence-corrected chi connectivity index (χ2v) is 4.27. The minimum Gasteiger partial charge on any atom is -0.493 e. The molecule has 5 heteroatoms. The van der Waals surface area contributed by atoms with Crippen LogP contribution in [-0.4, -0.2) is 38.6 Å². The largest absolute Gasteiger partial charge is 0.493 e. The van der Waals surface area contributed by atoms with Crippen LogP contribution in [-0.2, 0) is 11.3 Å². The summed E-state index contributed by atoms with van der Waals surface area (Å²) in [5, 5.41) is 0. The second-order valence-electron chi connectivity index (χ2n) is 4.27. The lowest BCUT2D eigenvalue weighted by Gasteiger charge is -2.18. The van der Waals surface area contributed by atoms with E-state index in [1.807, 2.05) is 31.0 Å². The molecule has 18 heavy (non-hydrogen) atoms. The Bertz CT molecular complexity index is 432. The molecule has 0 saturated carbocycles. The van der Waals surface area contributed by atoms with Crippen molar-refractivity contribution >= 4 is 5.91 Å². The molecule has 100 valence electrons. The monoisotopic (exact) mass is 252 g/mol. The van der Waals surface area contributed by atoms with Gasteiger partial charge in [0, 0.05) is 6.54 Å². The molecule has 0 atom stereocenters. The molecule has 0 bridgehead atoms. The lowest BCUT2D eigenvalue weighted by Crippen LogP contribution is -2.30. The van der Waals surface area contributed by atoms with Crippen LogP contribution in [0.25, 0.3) is 0 Å². The second kappa shape index (κ2) is 6.26. The number of likely N-dealkylation sites (N-methyl/N-ethyl adjacent to an activating group) is 1. The summed E-state index contributed by atoms with van der Waals surface area (Å²) in [6, 6.07) is 3.85. The molecule has 0 spiro atoms. The van der Waals surface area contributed by atoms with E-state index < -0.39 is 0 Å². The predicted octanol–water partition coefficient (Wildman–Crippen LogP) is 0.929. The van der Waals surface area contributed by atoms with Crippen LogP contribution in [0.1, 0.15) is 11.1 Å². The van der Waals surface area contributed by atoms with E-state index >= 15 is 0 Å². The lowest BCUT2D eigenvalue weighted by molar-refractivity contribution is -0.118. The van der Waals surface area contributed by atoms with E-state index in [0.29, 0.717) is 18.0 Å². The average molecular weight is 252 g/mol. The summed E-state index contributed by atoms with van der Waals surface area (Å²) >= 11 is 0. The minimum atomic E-state index is -0.337. The highest BCUT2D eigenvalue weighted by atomic mass is 16.5. The topological polar surface area (TPSA) is 64.8 Å². The van der Waals surface area contributed by atoms with Crippen LogP contribution in [0.15, 0.2) is 12.1 Å². The van der Waals surface area contributed by atoms with E-state index in [0.717, 1.165) is 11.1 Å². The molecule has 0 saturated heterocycles. The first kappa shape index (κ1) is 14.3. The van der Waals surface area contributed by atoms with E-state index in [-0.39, 0.29) is 12.5 Å². The van der Waals surface area contributed by atoms with Gasteiger partial charge in [-0.2, -0.15) is 0 Å². The number of hydrogen-bond acceptors (Lipinski definition) is 4. The van der Waals surface area contributed by atoms with Gasteiger partial charge in [-0.15, -0.1) is 0 Å². The summed E-state index contributed by atoms with van der Waals surface area (Å²) in [5.74, 6) is 1.05. The zero-order chi connectivity index (χ0) is 13.7. The highest BCUT2D eigenvalue weighted by molar-refractivity contribution is 5.75. The van der Waals surface area contributed by atoms with Crippen LogP contribution in [0, 0.1) is 6.92 Å². The third-order valence-electron chi connectivity index (χ3n) is 2.71. The Labute approximate surface area is 107 Å². The summed E-state index contributed by atoms with van der Waals surface area (Å²) in [4.78, 5) is 12.7. The quantitative estimate of drug-likeness (QED) is 0.818. The van der Waals surface area contributed by atoms with Gasteiger partial charge in [0.1, 0.15) is 0 Å². The fourth-order valence-corrected chi connectivity index (χ4v) is 1.81. The number of nitrogens with zero attached hydrogens (tertiary/aromatic N) is 1. The normalized spacial score (nSPS) is 10.5. The molecule has 1 rings (SSSR count). The van der Waals surface area contributed by atoms with Gasteiger partial charge in [0.15, 0.2) is 11.5 Å². The van der Waals surface area contributed by atoms with E-state index in [4.69, 9.17) is 15.2 Å². The van der Waals surface area contributed by atoms with Gasteiger partial charge in [-0.1, -0.05) is 0 Å². The van der Waals surface area contributed by atoms with Crippen molar-refractivity contribution in [2.75, 3.05) is 27.8 Å². The van der Waals surface area contributed by atoms with Crippen LogP contribution in [0.4, 0.5) is 0 Å². The van der Waals surface area contributed by atoms with Gasteiger partial charge in [-0.25, -0.2) is 0 Å². The summed E-state index contributed by atoms with van der Waals surface area (Å²) in [7, 11) is 5.06. The zero-order valence-corrected chi connectivity index (χ0v) is 11.3. The van der Waals surface area contributed by atoms with Crippen molar-refractivity contribution in [3.05, 3.63) is 23.3 Å². The van der Waals surface area contributed by atoms with Gasteiger partial charge in [0.25, 0.3) is 0 Å². The third-order valence-corrected chi connectivity index (χ3v) is 2.71. The molecule has 0 fully saturated rings. The molecule has 0 heterocycles. The van der Waals surface area contributed by atoms with Crippen molar-refractivity contribution < 1.29 is 14.3 Å². The predicted molar refractivity (Wildman–Crippen MR) is 69.8 cm³/mol. The smallest absolute Gasteiger partial charge is 0.231 e. The van der Waals surface area contributed by atoms with Crippen molar-refractivity contribution in [3.63, 3.8) is 0 Å². The molecule has 1 aromatic carbocycles. The van der Waals surface area contributed by atoms with Crippen molar-refractivity contribution in [1.29, 1.82) is 0 Å². The number of amides is 1. The van der Waals surface area contributed by atoms with Gasteiger partial charge in [-0.3, -0.25) is 9.69 Å². The lowest BCUT2D eigenvalue weighted by atomic mass is 10.1. The summed E-state index contributed by atoms with van der Waals surface area (Å²) in [5.41, 5.74) is 7.33. The molecule has 5 nitrogen and oxygen atoms in total. The molecular formula is C13H20N2O3. The van der Waals surface area contributed by atoms with E-state index in [9.17, 15) is 4.79 Å². The zero-order valence-electron chi connectivity index (χ0n) is 11.3. The summed E-state index contributed by atoms with van der Waals surface area (Å²) in [6.07, 6.45) is 0. The first-order valence-electron chi connectivity index (χ1n) is 5.66. The number of nitrogens with two attached hydrogens (primary N) is 1. The van der Waals surface area contributed by atoms with Crippen molar-refractivity contribution in [2.24, 2.45) is 5.73 Å². The molecule has 0 aliphatic carbocycles. The van der Waals surface area contributed by atoms with Crippen LogP contribution < -0.4 is 15.2 Å². The maximum atomic E-state index is 10.8. The Balaban J connectivity index is 2.92. The molecule has 0 radical (unpaired) electrons. The standard InChI is InChI=1S/C13H20N2O3/c1-9-5-11(17-3)12(18-4)6-10(9)7-15(2)8-13(14)16/h5-6H,7-8H2,1-4H3,(H2,14,16). The fourth-order valence-electron chi connectivity index (χ4n) is 1.81. The molecule has 1 aromatic rings. The first-order valence-corrected chi connectivity index (χ1v) is 5.66. The van der Waals surface area contributed by atoms with Gasteiger partial charge < -0.3 is 15.2 Å². The van der Waals surface area contributed by atoms with Crippen LogP contribution >= 0.6 is 0 Å². The van der Waals surface area contributed by atoms with Gasteiger partial charge in [0.2, 0.25) is 5.91 Å². The Morgan fingerprint density at radius 2 is 1.83 bits per heavy atom. The summed E-state index contributed by atoms with van der Waals surface area (Å²) < 4.78 is 10.5. The fraction of sp³-hybridized carbons (Fsp3) is 0.462. The highest BCUT2D eigenvalue weighted by Gasteiger charge is 2.11. The van der Waals surface area contributed by atoms with Crippen LogP contribution in [0.2, 0.25) is 0 Å². The Kier molecular flexibility index (Phi) is 4.97. The van der Waals surface area contributed by atoms with Gasteiger partial charge >= 0.3 is 0 Å². The molecule has 0 unspecified atom stereocenters. The molecule has 2 N–H and O–H groups in total. The maximum absolute atomic E-state index is 10.8. The SMILES string of the molecule is COc1cc(C)c(CN(C)CC(N)=O)cc1OC. The first-order chi connectivity index (χ1) is 8.47.